The minimum Gasteiger partial charge on any atom is -0.476 e. The number of nitrogens with one attached hydrogen (secondary N) is 2. The average Bonchev–Trinajstić information content (AvgIpc) is 2.38. The van der Waals surface area contributed by atoms with Crippen molar-refractivity contribution >= 4 is 17.4 Å². The third-order valence-electron chi connectivity index (χ3n) is 2.38. The van der Waals surface area contributed by atoms with Crippen LogP contribution in [0.25, 0.3) is 0 Å². The van der Waals surface area contributed by atoms with E-state index < -0.39 is 0 Å². The second kappa shape index (κ2) is 7.45. The molecule has 6 nitrogen and oxygen atoms in total. The quantitative estimate of drug-likeness (QED) is 0.691. The molecule has 1 aromatic rings. The molecule has 4 N–H and O–H groups in total. The standard InChI is InChI=1S/C13H22N4O2/c1-9(2)8-19-13-10(14)4-5-11(17-13)16-7-6-12(18)15-3/h4-5,9H,6-8,14H2,1-3H3,(H,15,18)(H,16,17). The fourth-order valence-electron chi connectivity index (χ4n) is 1.34. The summed E-state index contributed by atoms with van der Waals surface area (Å²) in [6, 6.07) is 3.51. The molecular weight excluding hydrogens is 244 g/mol. The minimum atomic E-state index is -0.0146. The highest BCUT2D eigenvalue weighted by Gasteiger charge is 2.06. The minimum absolute atomic E-state index is 0.0146. The Bertz CT molecular complexity index is 421. The van der Waals surface area contributed by atoms with Gasteiger partial charge in [-0.15, -0.1) is 0 Å². The van der Waals surface area contributed by atoms with E-state index in [9.17, 15) is 4.79 Å². The van der Waals surface area contributed by atoms with E-state index in [1.807, 2.05) is 0 Å². The van der Waals surface area contributed by atoms with Gasteiger partial charge in [-0.1, -0.05) is 13.8 Å². The highest BCUT2D eigenvalue weighted by atomic mass is 16.5. The lowest BCUT2D eigenvalue weighted by Crippen LogP contribution is -2.21. The fraction of sp³-hybridized carbons (Fsp3) is 0.538. The van der Waals surface area contributed by atoms with E-state index in [2.05, 4.69) is 29.5 Å². The number of hydrogen-bond donors (Lipinski definition) is 3. The first kappa shape index (κ1) is 15.1. The second-order valence-electron chi connectivity index (χ2n) is 4.65. The predicted octanol–water partition coefficient (Wildman–Crippen LogP) is 1.25. The zero-order chi connectivity index (χ0) is 14.3. The number of rotatable bonds is 7. The average molecular weight is 266 g/mol. The number of carbonyl (C=O) groups is 1. The highest BCUT2D eigenvalue weighted by molar-refractivity contribution is 5.76. The summed E-state index contributed by atoms with van der Waals surface area (Å²) in [5.74, 6) is 1.47. The van der Waals surface area contributed by atoms with Crippen molar-refractivity contribution in [3.05, 3.63) is 12.1 Å². The maximum Gasteiger partial charge on any atom is 0.239 e. The Labute approximate surface area is 113 Å². The molecule has 0 saturated carbocycles. The number of nitrogens with two attached hydrogens (primary N) is 1. The number of ether oxygens (including phenoxy) is 1. The first-order valence-electron chi connectivity index (χ1n) is 6.36. The van der Waals surface area contributed by atoms with E-state index >= 15 is 0 Å². The lowest BCUT2D eigenvalue weighted by atomic mass is 10.2. The number of hydrogen-bond acceptors (Lipinski definition) is 5. The third-order valence-corrected chi connectivity index (χ3v) is 2.38. The molecule has 1 rings (SSSR count). The number of nitrogens with zero attached hydrogens (tertiary/aromatic N) is 1. The zero-order valence-corrected chi connectivity index (χ0v) is 11.7. The SMILES string of the molecule is CNC(=O)CCNc1ccc(N)c(OCC(C)C)n1. The van der Waals surface area contributed by atoms with Crippen LogP contribution in [0, 0.1) is 5.92 Å². The van der Waals surface area contributed by atoms with Crippen LogP contribution < -0.4 is 21.1 Å². The van der Waals surface area contributed by atoms with Crippen LogP contribution in [-0.4, -0.2) is 31.1 Å². The molecule has 0 atom stereocenters. The van der Waals surface area contributed by atoms with Crippen molar-refractivity contribution in [2.24, 2.45) is 5.92 Å². The molecule has 0 spiro atoms. The van der Waals surface area contributed by atoms with E-state index in [1.165, 1.54) is 0 Å². The van der Waals surface area contributed by atoms with E-state index in [1.54, 1.807) is 19.2 Å². The number of pyridine rings is 1. The summed E-state index contributed by atoms with van der Waals surface area (Å²) >= 11 is 0. The van der Waals surface area contributed by atoms with Crippen molar-refractivity contribution in [3.63, 3.8) is 0 Å². The van der Waals surface area contributed by atoms with Gasteiger partial charge in [0.15, 0.2) is 0 Å². The number of amides is 1. The molecule has 0 aliphatic carbocycles. The zero-order valence-electron chi connectivity index (χ0n) is 11.7. The molecule has 0 aliphatic rings. The van der Waals surface area contributed by atoms with Crippen molar-refractivity contribution in [1.29, 1.82) is 0 Å². The highest BCUT2D eigenvalue weighted by Crippen LogP contribution is 2.21. The monoisotopic (exact) mass is 266 g/mol. The molecule has 1 aromatic heterocycles. The molecule has 0 saturated heterocycles. The van der Waals surface area contributed by atoms with Gasteiger partial charge < -0.3 is 21.1 Å². The van der Waals surface area contributed by atoms with Gasteiger partial charge in [-0.05, 0) is 18.1 Å². The summed E-state index contributed by atoms with van der Waals surface area (Å²) in [6.07, 6.45) is 0.394. The van der Waals surface area contributed by atoms with Crippen LogP contribution in [0.3, 0.4) is 0 Å². The summed E-state index contributed by atoms with van der Waals surface area (Å²) in [5, 5.41) is 5.62. The number of aromatic nitrogens is 1. The first-order chi connectivity index (χ1) is 9.02. The van der Waals surface area contributed by atoms with Gasteiger partial charge in [0.1, 0.15) is 5.82 Å². The normalized spacial score (nSPS) is 10.3. The van der Waals surface area contributed by atoms with Crippen LogP contribution in [0.1, 0.15) is 20.3 Å². The largest absolute Gasteiger partial charge is 0.476 e. The van der Waals surface area contributed by atoms with Crippen LogP contribution in [0.2, 0.25) is 0 Å². The molecule has 19 heavy (non-hydrogen) atoms. The molecule has 0 fully saturated rings. The third kappa shape index (κ3) is 5.46. The molecule has 6 heteroatoms. The molecule has 0 radical (unpaired) electrons. The molecule has 0 aliphatic heterocycles. The number of nitrogen functional groups attached to an aromatic ring is 1. The van der Waals surface area contributed by atoms with Gasteiger partial charge in [-0.2, -0.15) is 4.98 Å². The Balaban J connectivity index is 2.55. The van der Waals surface area contributed by atoms with Crippen LogP contribution in [0.5, 0.6) is 5.88 Å². The van der Waals surface area contributed by atoms with Gasteiger partial charge in [0.2, 0.25) is 11.8 Å². The van der Waals surface area contributed by atoms with Crippen LogP contribution in [0.15, 0.2) is 12.1 Å². The molecule has 106 valence electrons. The van der Waals surface area contributed by atoms with Crippen LogP contribution in [-0.2, 0) is 4.79 Å². The molecule has 0 aromatic carbocycles. The maximum atomic E-state index is 11.1. The van der Waals surface area contributed by atoms with Gasteiger partial charge in [-0.25, -0.2) is 0 Å². The van der Waals surface area contributed by atoms with E-state index in [-0.39, 0.29) is 5.91 Å². The Hall–Kier alpha value is -1.98. The molecule has 1 heterocycles. The lowest BCUT2D eigenvalue weighted by Gasteiger charge is -2.12. The Kier molecular flexibility index (Phi) is 5.92. The Morgan fingerprint density at radius 2 is 2.21 bits per heavy atom. The van der Waals surface area contributed by atoms with E-state index in [4.69, 9.17) is 10.5 Å². The number of carbonyl (C=O) groups excluding carboxylic acids is 1. The summed E-state index contributed by atoms with van der Waals surface area (Å²) in [5.41, 5.74) is 6.31. The topological polar surface area (TPSA) is 89.3 Å². The van der Waals surface area contributed by atoms with E-state index in [0.717, 1.165) is 0 Å². The molecule has 0 bridgehead atoms. The Morgan fingerprint density at radius 3 is 2.84 bits per heavy atom. The fourth-order valence-corrected chi connectivity index (χ4v) is 1.34. The summed E-state index contributed by atoms with van der Waals surface area (Å²) in [4.78, 5) is 15.4. The summed E-state index contributed by atoms with van der Waals surface area (Å²) in [7, 11) is 1.61. The first-order valence-corrected chi connectivity index (χ1v) is 6.36. The van der Waals surface area contributed by atoms with Crippen LogP contribution >= 0.6 is 0 Å². The van der Waals surface area contributed by atoms with Gasteiger partial charge in [0.05, 0.1) is 12.3 Å². The second-order valence-corrected chi connectivity index (χ2v) is 4.65. The van der Waals surface area contributed by atoms with Crippen LogP contribution in [0.4, 0.5) is 11.5 Å². The maximum absolute atomic E-state index is 11.1. The van der Waals surface area contributed by atoms with Gasteiger partial charge in [-0.3, -0.25) is 4.79 Å². The van der Waals surface area contributed by atoms with Crippen molar-refractivity contribution in [3.8, 4) is 5.88 Å². The van der Waals surface area contributed by atoms with Gasteiger partial charge >= 0.3 is 0 Å². The Morgan fingerprint density at radius 1 is 1.47 bits per heavy atom. The summed E-state index contributed by atoms with van der Waals surface area (Å²) in [6.45, 7) is 5.20. The van der Waals surface area contributed by atoms with Gasteiger partial charge in [0, 0.05) is 20.0 Å². The van der Waals surface area contributed by atoms with Crippen molar-refractivity contribution < 1.29 is 9.53 Å². The number of anilines is 2. The van der Waals surface area contributed by atoms with Crippen molar-refractivity contribution in [2.45, 2.75) is 20.3 Å². The predicted molar refractivity (Wildman–Crippen MR) is 76.2 cm³/mol. The van der Waals surface area contributed by atoms with Gasteiger partial charge in [0.25, 0.3) is 0 Å². The van der Waals surface area contributed by atoms with Crippen molar-refractivity contribution in [2.75, 3.05) is 31.2 Å². The molecule has 1 amide bonds. The summed E-state index contributed by atoms with van der Waals surface area (Å²) < 4.78 is 5.53. The molecular formula is C13H22N4O2. The van der Waals surface area contributed by atoms with Crippen molar-refractivity contribution in [1.82, 2.24) is 10.3 Å². The smallest absolute Gasteiger partial charge is 0.239 e. The molecule has 0 unspecified atom stereocenters. The van der Waals surface area contributed by atoms with E-state index in [0.29, 0.717) is 42.9 Å². The lowest BCUT2D eigenvalue weighted by molar-refractivity contribution is -0.120.